The smallest absolute Gasteiger partial charge is 0.138 e. The molecule has 2 fully saturated rings. The Morgan fingerprint density at radius 1 is 1.22 bits per heavy atom. The van der Waals surface area contributed by atoms with E-state index < -0.39 is 0 Å². The van der Waals surface area contributed by atoms with Crippen molar-refractivity contribution in [2.75, 3.05) is 13.1 Å². The molecule has 3 atom stereocenters. The summed E-state index contributed by atoms with van der Waals surface area (Å²) in [7, 11) is 0. The van der Waals surface area contributed by atoms with Crippen LogP contribution in [0.15, 0.2) is 24.3 Å². The van der Waals surface area contributed by atoms with E-state index in [1.54, 1.807) is 0 Å². The van der Waals surface area contributed by atoms with Crippen LogP contribution < -0.4 is 0 Å². The number of rotatable bonds is 4. The fraction of sp³-hybridized carbons (Fsp3) is 0.667. The van der Waals surface area contributed by atoms with Crippen molar-refractivity contribution in [2.24, 2.45) is 23.2 Å². The van der Waals surface area contributed by atoms with Crippen molar-refractivity contribution < 1.29 is 4.79 Å². The number of carbonyl (C=O) groups excluding carboxylic acids is 1. The summed E-state index contributed by atoms with van der Waals surface area (Å²) in [6, 6.07) is 8.75. The average Bonchev–Trinajstić information content (AvgIpc) is 3.11. The zero-order valence-electron chi connectivity index (χ0n) is 14.6. The summed E-state index contributed by atoms with van der Waals surface area (Å²) < 4.78 is 0. The molecule has 2 saturated carbocycles. The Morgan fingerprint density at radius 3 is 2.74 bits per heavy atom. The van der Waals surface area contributed by atoms with E-state index >= 15 is 0 Å². The molecule has 2 aliphatic carbocycles. The van der Waals surface area contributed by atoms with Gasteiger partial charge in [-0.2, -0.15) is 0 Å². The first-order valence-corrected chi connectivity index (χ1v) is 9.37. The topological polar surface area (TPSA) is 20.3 Å². The molecule has 0 spiro atoms. The molecule has 2 nitrogen and oxygen atoms in total. The molecule has 3 unspecified atom stereocenters. The minimum Gasteiger partial charge on any atom is -0.299 e. The van der Waals surface area contributed by atoms with Crippen molar-refractivity contribution in [2.45, 2.75) is 52.5 Å². The average molecular weight is 311 g/mol. The van der Waals surface area contributed by atoms with Crippen LogP contribution in [0, 0.1) is 23.2 Å². The molecule has 0 aromatic heterocycles. The van der Waals surface area contributed by atoms with E-state index in [4.69, 9.17) is 0 Å². The maximum atomic E-state index is 12.9. The third-order valence-corrected chi connectivity index (χ3v) is 7.03. The van der Waals surface area contributed by atoms with Gasteiger partial charge in [0, 0.05) is 32.0 Å². The second kappa shape index (κ2) is 5.73. The van der Waals surface area contributed by atoms with Crippen molar-refractivity contribution in [1.29, 1.82) is 0 Å². The van der Waals surface area contributed by atoms with Gasteiger partial charge in [-0.15, -0.1) is 0 Å². The minimum atomic E-state index is 0.245. The van der Waals surface area contributed by atoms with Crippen molar-refractivity contribution >= 4 is 5.78 Å². The molecular formula is C21H29NO. The lowest BCUT2D eigenvalue weighted by molar-refractivity contribution is -0.129. The maximum absolute atomic E-state index is 12.9. The van der Waals surface area contributed by atoms with Gasteiger partial charge in [-0.05, 0) is 54.1 Å². The standard InChI is InChI=1S/C21H29NO/c1-21(2)18-8-7-16(13-18)20(21)19(23)10-12-22-11-9-15-5-3-4-6-17(15)14-22/h3-6,16,18,20H,7-14H2,1-2H3. The third kappa shape index (κ3) is 2.65. The predicted molar refractivity (Wildman–Crippen MR) is 93.1 cm³/mol. The largest absolute Gasteiger partial charge is 0.299 e. The van der Waals surface area contributed by atoms with Crippen LogP contribution >= 0.6 is 0 Å². The van der Waals surface area contributed by atoms with Gasteiger partial charge >= 0.3 is 0 Å². The molecule has 3 aliphatic rings. The molecular weight excluding hydrogens is 282 g/mol. The summed E-state index contributed by atoms with van der Waals surface area (Å²) >= 11 is 0. The number of carbonyl (C=O) groups is 1. The lowest BCUT2D eigenvalue weighted by Gasteiger charge is -2.38. The zero-order valence-corrected chi connectivity index (χ0v) is 14.6. The Balaban J connectivity index is 1.36. The molecule has 1 aromatic rings. The molecule has 2 bridgehead atoms. The number of Topliss-reactive ketones (excluding diaryl/α,β-unsaturated/α-hetero) is 1. The first kappa shape index (κ1) is 15.4. The molecule has 4 rings (SSSR count). The number of nitrogens with zero attached hydrogens (tertiary/aromatic N) is 1. The van der Waals surface area contributed by atoms with Crippen molar-refractivity contribution in [3.05, 3.63) is 35.4 Å². The van der Waals surface area contributed by atoms with Crippen LogP contribution in [0.3, 0.4) is 0 Å². The number of hydrogen-bond acceptors (Lipinski definition) is 2. The molecule has 124 valence electrons. The second-order valence-electron chi connectivity index (χ2n) is 8.58. The van der Waals surface area contributed by atoms with Gasteiger partial charge in [0.15, 0.2) is 0 Å². The van der Waals surface area contributed by atoms with E-state index in [1.165, 1.54) is 30.4 Å². The second-order valence-corrected chi connectivity index (χ2v) is 8.58. The van der Waals surface area contributed by atoms with E-state index in [-0.39, 0.29) is 5.41 Å². The predicted octanol–water partition coefficient (Wildman–Crippen LogP) is 4.08. The lowest BCUT2D eigenvalue weighted by Crippen LogP contribution is -2.38. The summed E-state index contributed by atoms with van der Waals surface area (Å²) in [6.07, 6.45) is 5.83. The van der Waals surface area contributed by atoms with Gasteiger partial charge in [-0.3, -0.25) is 9.69 Å². The Kier molecular flexibility index (Phi) is 3.84. The molecule has 1 aliphatic heterocycles. The first-order valence-electron chi connectivity index (χ1n) is 9.37. The van der Waals surface area contributed by atoms with Crippen LogP contribution in [0.2, 0.25) is 0 Å². The Hall–Kier alpha value is -1.15. The molecule has 2 heteroatoms. The van der Waals surface area contributed by atoms with E-state index in [0.29, 0.717) is 17.6 Å². The SMILES string of the molecule is CC1(C)C2CCC(C2)C1C(=O)CCN1CCc2ccccc2C1. The van der Waals surface area contributed by atoms with Crippen molar-refractivity contribution in [1.82, 2.24) is 4.90 Å². The molecule has 23 heavy (non-hydrogen) atoms. The zero-order chi connectivity index (χ0) is 16.0. The van der Waals surface area contributed by atoms with Crippen LogP contribution in [0.4, 0.5) is 0 Å². The molecule has 1 aromatic carbocycles. The summed E-state index contributed by atoms with van der Waals surface area (Å²) in [5, 5.41) is 0. The monoisotopic (exact) mass is 311 g/mol. The van der Waals surface area contributed by atoms with Gasteiger partial charge in [0.25, 0.3) is 0 Å². The van der Waals surface area contributed by atoms with Crippen molar-refractivity contribution in [3.63, 3.8) is 0 Å². The first-order chi connectivity index (χ1) is 11.1. The highest BCUT2D eigenvalue weighted by molar-refractivity contribution is 5.83. The van der Waals surface area contributed by atoms with E-state index in [9.17, 15) is 4.79 Å². The summed E-state index contributed by atoms with van der Waals surface area (Å²) in [4.78, 5) is 15.4. The number of ketones is 1. The van der Waals surface area contributed by atoms with E-state index in [2.05, 4.69) is 43.0 Å². The van der Waals surface area contributed by atoms with Gasteiger partial charge in [-0.25, -0.2) is 0 Å². The molecule has 0 radical (unpaired) electrons. The van der Waals surface area contributed by atoms with Crippen LogP contribution in [0.25, 0.3) is 0 Å². The van der Waals surface area contributed by atoms with Gasteiger partial charge < -0.3 is 0 Å². The van der Waals surface area contributed by atoms with Crippen LogP contribution in [0.5, 0.6) is 0 Å². The minimum absolute atomic E-state index is 0.245. The number of fused-ring (bicyclic) bond motifs is 3. The van der Waals surface area contributed by atoms with E-state index in [1.807, 2.05) is 0 Å². The highest BCUT2D eigenvalue weighted by Gasteiger charge is 2.54. The molecule has 0 N–H and O–H groups in total. The van der Waals surface area contributed by atoms with E-state index in [0.717, 1.165) is 38.4 Å². The third-order valence-electron chi connectivity index (χ3n) is 7.03. The Morgan fingerprint density at radius 2 is 2.00 bits per heavy atom. The number of hydrogen-bond donors (Lipinski definition) is 0. The van der Waals surface area contributed by atoms with Crippen molar-refractivity contribution in [3.8, 4) is 0 Å². The number of benzene rings is 1. The highest BCUT2D eigenvalue weighted by atomic mass is 16.1. The van der Waals surface area contributed by atoms with Crippen LogP contribution in [-0.4, -0.2) is 23.8 Å². The summed E-state index contributed by atoms with van der Waals surface area (Å²) in [5.74, 6) is 2.35. The quantitative estimate of drug-likeness (QED) is 0.835. The highest BCUT2D eigenvalue weighted by Crippen LogP contribution is 2.59. The Bertz CT molecular complexity index is 606. The molecule has 1 heterocycles. The fourth-order valence-corrected chi connectivity index (χ4v) is 5.70. The molecule has 0 saturated heterocycles. The molecule has 0 amide bonds. The van der Waals surface area contributed by atoms with Gasteiger partial charge in [-0.1, -0.05) is 38.1 Å². The van der Waals surface area contributed by atoms with Gasteiger partial charge in [0.05, 0.1) is 0 Å². The van der Waals surface area contributed by atoms with Crippen LogP contribution in [-0.2, 0) is 17.8 Å². The van der Waals surface area contributed by atoms with Gasteiger partial charge in [0.2, 0.25) is 0 Å². The maximum Gasteiger partial charge on any atom is 0.138 e. The normalized spacial score (nSPS) is 32.0. The summed E-state index contributed by atoms with van der Waals surface area (Å²) in [5.41, 5.74) is 3.19. The van der Waals surface area contributed by atoms with Gasteiger partial charge in [0.1, 0.15) is 5.78 Å². The summed E-state index contributed by atoms with van der Waals surface area (Å²) in [6.45, 7) is 7.75. The Labute approximate surface area is 140 Å². The lowest BCUT2D eigenvalue weighted by atomic mass is 9.66. The van der Waals surface area contributed by atoms with Crippen LogP contribution in [0.1, 0.15) is 50.7 Å². The fourth-order valence-electron chi connectivity index (χ4n) is 5.70.